The van der Waals surface area contributed by atoms with E-state index >= 15 is 0 Å². The lowest BCUT2D eigenvalue weighted by atomic mass is 10.0. The van der Waals surface area contributed by atoms with E-state index in [-0.39, 0.29) is 30.4 Å². The third-order valence-corrected chi connectivity index (χ3v) is 3.47. The first kappa shape index (κ1) is 14.8. The number of urea groups is 1. The van der Waals surface area contributed by atoms with Gasteiger partial charge in [-0.15, -0.1) is 0 Å². The summed E-state index contributed by atoms with van der Waals surface area (Å²) in [4.78, 5) is 22.9. The molecule has 1 aliphatic rings. The van der Waals surface area contributed by atoms with Gasteiger partial charge in [0.15, 0.2) is 0 Å². The highest BCUT2D eigenvalue weighted by Crippen LogP contribution is 2.25. The number of nitrogens with two attached hydrogens (primary N) is 1. The van der Waals surface area contributed by atoms with Crippen LogP contribution in [-0.4, -0.2) is 35.7 Å². The number of aliphatic hydroxyl groups is 1. The van der Waals surface area contributed by atoms with Crippen LogP contribution in [0, 0.1) is 11.8 Å². The molecule has 0 aliphatic heterocycles. The molecular weight excluding hydrogens is 234 g/mol. The van der Waals surface area contributed by atoms with E-state index in [1.165, 1.54) is 0 Å². The van der Waals surface area contributed by atoms with Crippen molar-refractivity contribution in [1.29, 1.82) is 0 Å². The maximum atomic E-state index is 12.1. The quantitative estimate of drug-likeness (QED) is 0.555. The number of hydrogen-bond acceptors (Lipinski definition) is 3. The molecule has 1 saturated carbocycles. The van der Waals surface area contributed by atoms with Crippen LogP contribution in [0.2, 0.25) is 0 Å². The number of aliphatic hydroxyl groups excluding tert-OH is 1. The molecule has 0 saturated heterocycles. The summed E-state index contributed by atoms with van der Waals surface area (Å²) in [7, 11) is 0. The lowest BCUT2D eigenvalue weighted by Gasteiger charge is -2.25. The van der Waals surface area contributed by atoms with Crippen LogP contribution < -0.4 is 16.4 Å². The molecule has 0 aromatic rings. The molecule has 1 aliphatic carbocycles. The Bertz CT molecular complexity index is 307. The maximum Gasteiger partial charge on any atom is 0.312 e. The first-order valence-electron chi connectivity index (χ1n) is 6.43. The number of amides is 3. The third kappa shape index (κ3) is 3.87. The molecule has 0 spiro atoms. The van der Waals surface area contributed by atoms with Crippen molar-refractivity contribution in [2.45, 2.75) is 45.2 Å². The lowest BCUT2D eigenvalue weighted by molar-refractivity contribution is -0.124. The fourth-order valence-corrected chi connectivity index (χ4v) is 2.41. The zero-order valence-corrected chi connectivity index (χ0v) is 11.0. The second-order valence-electron chi connectivity index (χ2n) is 5.22. The first-order chi connectivity index (χ1) is 8.45. The molecule has 18 heavy (non-hydrogen) atoms. The van der Waals surface area contributed by atoms with Gasteiger partial charge in [0.1, 0.15) is 6.04 Å². The van der Waals surface area contributed by atoms with Gasteiger partial charge >= 0.3 is 6.03 Å². The molecule has 0 heterocycles. The van der Waals surface area contributed by atoms with Gasteiger partial charge in [-0.1, -0.05) is 20.3 Å². The molecule has 5 N–H and O–H groups in total. The molecule has 6 nitrogen and oxygen atoms in total. The van der Waals surface area contributed by atoms with Crippen LogP contribution in [0.1, 0.15) is 33.1 Å². The first-order valence-corrected chi connectivity index (χ1v) is 6.43. The number of hydrogen-bond donors (Lipinski definition) is 4. The third-order valence-electron chi connectivity index (χ3n) is 3.47. The Kier molecular flexibility index (Phi) is 5.40. The van der Waals surface area contributed by atoms with Crippen LogP contribution >= 0.6 is 0 Å². The summed E-state index contributed by atoms with van der Waals surface area (Å²) in [5.74, 6) is -0.143. The second-order valence-corrected chi connectivity index (χ2v) is 5.22. The zero-order chi connectivity index (χ0) is 13.7. The van der Waals surface area contributed by atoms with E-state index < -0.39 is 12.1 Å². The van der Waals surface area contributed by atoms with Crippen LogP contribution in [-0.2, 0) is 4.79 Å². The standard InChI is InChI=1S/C12H23N3O3/c1-7(2)10(15-12(13)18)11(17)14-9-5-3-4-8(9)6-16/h7-10,16H,3-6H2,1-2H3,(H,14,17)(H3,13,15,18). The van der Waals surface area contributed by atoms with E-state index in [9.17, 15) is 14.7 Å². The molecule has 0 aromatic heterocycles. The summed E-state index contributed by atoms with van der Waals surface area (Å²) in [6.45, 7) is 3.78. The van der Waals surface area contributed by atoms with Crippen molar-refractivity contribution in [2.75, 3.05) is 6.61 Å². The fraction of sp³-hybridized carbons (Fsp3) is 0.833. The summed E-state index contributed by atoms with van der Waals surface area (Å²) in [6.07, 6.45) is 2.81. The molecule has 0 aromatic carbocycles. The minimum atomic E-state index is -0.700. The van der Waals surface area contributed by atoms with Gasteiger partial charge in [-0.2, -0.15) is 0 Å². The second kappa shape index (κ2) is 6.58. The largest absolute Gasteiger partial charge is 0.396 e. The van der Waals surface area contributed by atoms with Gasteiger partial charge in [0.2, 0.25) is 5.91 Å². The average molecular weight is 257 g/mol. The van der Waals surface area contributed by atoms with E-state index in [4.69, 9.17) is 5.73 Å². The Morgan fingerprint density at radius 3 is 2.56 bits per heavy atom. The van der Waals surface area contributed by atoms with Crippen LogP contribution in [0.15, 0.2) is 0 Å². The lowest BCUT2D eigenvalue weighted by Crippen LogP contribution is -2.54. The van der Waals surface area contributed by atoms with Crippen molar-refractivity contribution in [3.63, 3.8) is 0 Å². The summed E-state index contributed by atoms with van der Waals surface area (Å²) >= 11 is 0. The van der Waals surface area contributed by atoms with Crippen molar-refractivity contribution in [3.8, 4) is 0 Å². The highest BCUT2D eigenvalue weighted by molar-refractivity contribution is 5.86. The van der Waals surface area contributed by atoms with Gasteiger partial charge in [0, 0.05) is 18.6 Å². The van der Waals surface area contributed by atoms with Crippen molar-refractivity contribution in [2.24, 2.45) is 17.6 Å². The molecule has 0 radical (unpaired) electrons. The predicted octanol–water partition coefficient (Wildman–Crippen LogP) is -0.0435. The Hall–Kier alpha value is -1.30. The van der Waals surface area contributed by atoms with Gasteiger partial charge in [0.25, 0.3) is 0 Å². The predicted molar refractivity (Wildman–Crippen MR) is 67.7 cm³/mol. The monoisotopic (exact) mass is 257 g/mol. The number of rotatable bonds is 5. The Morgan fingerprint density at radius 2 is 2.06 bits per heavy atom. The smallest absolute Gasteiger partial charge is 0.312 e. The van der Waals surface area contributed by atoms with Crippen molar-refractivity contribution < 1.29 is 14.7 Å². The number of nitrogens with one attached hydrogen (secondary N) is 2. The maximum absolute atomic E-state index is 12.1. The van der Waals surface area contributed by atoms with E-state index in [1.807, 2.05) is 13.8 Å². The van der Waals surface area contributed by atoms with Crippen molar-refractivity contribution in [3.05, 3.63) is 0 Å². The van der Waals surface area contributed by atoms with E-state index in [1.54, 1.807) is 0 Å². The molecule has 6 heteroatoms. The van der Waals surface area contributed by atoms with Crippen LogP contribution in [0.4, 0.5) is 4.79 Å². The Labute approximate surface area is 107 Å². The fourth-order valence-electron chi connectivity index (χ4n) is 2.41. The van der Waals surface area contributed by atoms with Gasteiger partial charge < -0.3 is 21.5 Å². The highest BCUT2D eigenvalue weighted by Gasteiger charge is 2.31. The molecule has 1 rings (SSSR count). The number of primary amides is 1. The van der Waals surface area contributed by atoms with Crippen LogP contribution in [0.5, 0.6) is 0 Å². The SMILES string of the molecule is CC(C)C(NC(N)=O)C(=O)NC1CCCC1CO. The average Bonchev–Trinajstić information content (AvgIpc) is 2.72. The molecule has 3 atom stereocenters. The van der Waals surface area contributed by atoms with Crippen LogP contribution in [0.25, 0.3) is 0 Å². The van der Waals surface area contributed by atoms with Gasteiger partial charge in [-0.05, 0) is 18.8 Å². The molecule has 3 amide bonds. The topological polar surface area (TPSA) is 104 Å². The van der Waals surface area contributed by atoms with Crippen molar-refractivity contribution >= 4 is 11.9 Å². The Morgan fingerprint density at radius 1 is 1.39 bits per heavy atom. The Balaban J connectivity index is 2.58. The zero-order valence-electron chi connectivity index (χ0n) is 11.0. The van der Waals surface area contributed by atoms with Gasteiger partial charge in [0.05, 0.1) is 0 Å². The number of carbonyl (C=O) groups excluding carboxylic acids is 2. The molecule has 3 unspecified atom stereocenters. The molecule has 1 fully saturated rings. The van der Waals surface area contributed by atoms with Gasteiger partial charge in [-0.3, -0.25) is 4.79 Å². The normalized spacial score (nSPS) is 24.9. The minimum absolute atomic E-state index is 0.00146. The van der Waals surface area contributed by atoms with Gasteiger partial charge in [-0.25, -0.2) is 4.79 Å². The van der Waals surface area contributed by atoms with E-state index in [0.29, 0.717) is 0 Å². The highest BCUT2D eigenvalue weighted by atomic mass is 16.3. The van der Waals surface area contributed by atoms with Crippen molar-refractivity contribution in [1.82, 2.24) is 10.6 Å². The summed E-state index contributed by atoms with van der Waals surface area (Å²) in [5, 5.41) is 14.5. The summed E-state index contributed by atoms with van der Waals surface area (Å²) < 4.78 is 0. The molecular formula is C12H23N3O3. The van der Waals surface area contributed by atoms with E-state index in [0.717, 1.165) is 19.3 Å². The molecule has 104 valence electrons. The molecule has 0 bridgehead atoms. The van der Waals surface area contributed by atoms with E-state index in [2.05, 4.69) is 10.6 Å². The minimum Gasteiger partial charge on any atom is -0.396 e. The summed E-state index contributed by atoms with van der Waals surface area (Å²) in [6, 6.07) is -1.32. The summed E-state index contributed by atoms with van der Waals surface area (Å²) in [5.41, 5.74) is 5.06. The van der Waals surface area contributed by atoms with Crippen LogP contribution in [0.3, 0.4) is 0 Å². The number of carbonyl (C=O) groups is 2.